The topological polar surface area (TPSA) is 45.2 Å². The Hall–Kier alpha value is -1.42. The highest BCUT2D eigenvalue weighted by Crippen LogP contribution is 2.15. The second kappa shape index (κ2) is 7.01. The lowest BCUT2D eigenvalue weighted by Gasteiger charge is -2.23. The van der Waals surface area contributed by atoms with Crippen LogP contribution in [0.1, 0.15) is 31.5 Å². The Bertz CT molecular complexity index is 340. The van der Waals surface area contributed by atoms with E-state index in [2.05, 4.69) is 29.2 Å². The van der Waals surface area contributed by atoms with Crippen molar-refractivity contribution in [1.82, 2.24) is 15.2 Å². The first-order valence-electron chi connectivity index (χ1n) is 5.97. The summed E-state index contributed by atoms with van der Waals surface area (Å²) in [5.41, 5.74) is 1.06. The number of carbonyl (C=O) groups excluding carboxylic acids is 1. The largest absolute Gasteiger partial charge is 0.359 e. The van der Waals surface area contributed by atoms with Crippen LogP contribution in [-0.4, -0.2) is 36.4 Å². The third kappa shape index (κ3) is 4.53. The summed E-state index contributed by atoms with van der Waals surface area (Å²) in [5.74, 6) is 0.101. The molecule has 1 atom stereocenters. The Morgan fingerprint density at radius 2 is 2.29 bits per heavy atom. The molecule has 0 aliphatic carbocycles. The van der Waals surface area contributed by atoms with Crippen LogP contribution in [-0.2, 0) is 4.79 Å². The second-order valence-electron chi connectivity index (χ2n) is 4.19. The molecule has 17 heavy (non-hydrogen) atoms. The van der Waals surface area contributed by atoms with Crippen LogP contribution in [0.2, 0.25) is 0 Å². The Morgan fingerprint density at radius 1 is 1.53 bits per heavy atom. The zero-order valence-electron chi connectivity index (χ0n) is 10.8. The van der Waals surface area contributed by atoms with Crippen molar-refractivity contribution in [2.45, 2.75) is 25.8 Å². The number of nitrogens with zero attached hydrogens (tertiary/aromatic N) is 2. The molecule has 4 nitrogen and oxygen atoms in total. The lowest BCUT2D eigenvalue weighted by atomic mass is 10.1. The van der Waals surface area contributed by atoms with E-state index in [0.717, 1.165) is 18.7 Å². The predicted molar refractivity (Wildman–Crippen MR) is 68.6 cm³/mol. The van der Waals surface area contributed by atoms with Crippen LogP contribution in [0.15, 0.2) is 24.4 Å². The monoisotopic (exact) mass is 235 g/mol. The summed E-state index contributed by atoms with van der Waals surface area (Å²) in [4.78, 5) is 17.6. The zero-order valence-corrected chi connectivity index (χ0v) is 10.8. The van der Waals surface area contributed by atoms with Crippen molar-refractivity contribution in [3.63, 3.8) is 0 Å². The van der Waals surface area contributed by atoms with Crippen LogP contribution in [0.25, 0.3) is 0 Å². The third-order valence-corrected chi connectivity index (χ3v) is 2.97. The highest BCUT2D eigenvalue weighted by molar-refractivity contribution is 5.75. The third-order valence-electron chi connectivity index (χ3n) is 2.97. The number of hydrogen-bond donors (Lipinski definition) is 1. The maximum Gasteiger partial charge on any atom is 0.219 e. The van der Waals surface area contributed by atoms with Gasteiger partial charge in [-0.3, -0.25) is 14.7 Å². The van der Waals surface area contributed by atoms with Crippen LogP contribution in [0.5, 0.6) is 0 Å². The molecule has 1 aromatic heterocycles. The van der Waals surface area contributed by atoms with Gasteiger partial charge < -0.3 is 5.32 Å². The van der Waals surface area contributed by atoms with Crippen molar-refractivity contribution in [2.75, 3.05) is 20.6 Å². The fraction of sp³-hybridized carbons (Fsp3) is 0.538. The average molecular weight is 235 g/mol. The van der Waals surface area contributed by atoms with Crippen molar-refractivity contribution >= 4 is 5.91 Å². The summed E-state index contributed by atoms with van der Waals surface area (Å²) in [7, 11) is 3.73. The normalized spacial score (nSPS) is 12.5. The van der Waals surface area contributed by atoms with E-state index in [1.807, 2.05) is 24.4 Å². The van der Waals surface area contributed by atoms with Crippen LogP contribution >= 0.6 is 0 Å². The van der Waals surface area contributed by atoms with E-state index in [0.29, 0.717) is 6.42 Å². The van der Waals surface area contributed by atoms with E-state index in [-0.39, 0.29) is 11.9 Å². The standard InChI is InChI=1S/C13H21N3O/c1-11(12-7-4-5-9-15-12)16(3)10-6-8-13(17)14-2/h4-5,7,9,11H,6,8,10H2,1-3H3,(H,14,17)/t11-/m1/s1. The van der Waals surface area contributed by atoms with E-state index >= 15 is 0 Å². The summed E-state index contributed by atoms with van der Waals surface area (Å²) in [5, 5.41) is 2.63. The first kappa shape index (κ1) is 13.6. The van der Waals surface area contributed by atoms with Gasteiger partial charge in [-0.05, 0) is 39.1 Å². The summed E-state index contributed by atoms with van der Waals surface area (Å²) in [6, 6.07) is 6.22. The number of amides is 1. The van der Waals surface area contributed by atoms with Gasteiger partial charge in [-0.15, -0.1) is 0 Å². The molecule has 1 heterocycles. The van der Waals surface area contributed by atoms with Gasteiger partial charge in [0.15, 0.2) is 0 Å². The van der Waals surface area contributed by atoms with E-state index in [1.165, 1.54) is 0 Å². The number of nitrogens with one attached hydrogen (secondary N) is 1. The van der Waals surface area contributed by atoms with Gasteiger partial charge in [0.25, 0.3) is 0 Å². The average Bonchev–Trinajstić information content (AvgIpc) is 2.38. The van der Waals surface area contributed by atoms with Crippen molar-refractivity contribution in [3.05, 3.63) is 30.1 Å². The molecular weight excluding hydrogens is 214 g/mol. The van der Waals surface area contributed by atoms with Crippen LogP contribution in [0.4, 0.5) is 0 Å². The maximum absolute atomic E-state index is 11.1. The molecule has 1 N–H and O–H groups in total. The van der Waals surface area contributed by atoms with Gasteiger partial charge in [-0.2, -0.15) is 0 Å². The van der Waals surface area contributed by atoms with Crippen LogP contribution in [0.3, 0.4) is 0 Å². The van der Waals surface area contributed by atoms with Crippen molar-refractivity contribution in [2.24, 2.45) is 0 Å². The number of rotatable bonds is 6. The van der Waals surface area contributed by atoms with Gasteiger partial charge in [0.1, 0.15) is 0 Å². The lowest BCUT2D eigenvalue weighted by molar-refractivity contribution is -0.120. The van der Waals surface area contributed by atoms with Crippen molar-refractivity contribution in [3.8, 4) is 0 Å². The molecule has 0 spiro atoms. The highest BCUT2D eigenvalue weighted by atomic mass is 16.1. The summed E-state index contributed by atoms with van der Waals surface area (Å²) in [6.07, 6.45) is 3.26. The Kier molecular flexibility index (Phi) is 5.63. The lowest BCUT2D eigenvalue weighted by Crippen LogP contribution is -2.26. The van der Waals surface area contributed by atoms with E-state index in [1.54, 1.807) is 7.05 Å². The first-order chi connectivity index (χ1) is 8.15. The summed E-state index contributed by atoms with van der Waals surface area (Å²) < 4.78 is 0. The Balaban J connectivity index is 2.37. The second-order valence-corrected chi connectivity index (χ2v) is 4.19. The number of hydrogen-bond acceptors (Lipinski definition) is 3. The molecule has 94 valence electrons. The minimum absolute atomic E-state index is 0.101. The zero-order chi connectivity index (χ0) is 12.7. The predicted octanol–water partition coefficient (Wildman–Crippen LogP) is 1.60. The molecule has 0 aliphatic heterocycles. The molecule has 1 aromatic rings. The Labute approximate surface area is 103 Å². The quantitative estimate of drug-likeness (QED) is 0.814. The molecule has 0 unspecified atom stereocenters. The van der Waals surface area contributed by atoms with E-state index in [9.17, 15) is 4.79 Å². The fourth-order valence-corrected chi connectivity index (χ4v) is 1.66. The summed E-state index contributed by atoms with van der Waals surface area (Å²) in [6.45, 7) is 3.02. The number of aromatic nitrogens is 1. The minimum Gasteiger partial charge on any atom is -0.359 e. The molecular formula is C13H21N3O. The molecule has 0 bridgehead atoms. The van der Waals surface area contributed by atoms with Crippen LogP contribution < -0.4 is 5.32 Å². The summed E-state index contributed by atoms with van der Waals surface area (Å²) >= 11 is 0. The van der Waals surface area contributed by atoms with Gasteiger partial charge in [0, 0.05) is 25.7 Å². The van der Waals surface area contributed by atoms with Crippen molar-refractivity contribution in [1.29, 1.82) is 0 Å². The molecule has 0 saturated heterocycles. The van der Waals surface area contributed by atoms with Gasteiger partial charge in [-0.1, -0.05) is 6.07 Å². The minimum atomic E-state index is 0.101. The molecule has 0 fully saturated rings. The van der Waals surface area contributed by atoms with Gasteiger partial charge in [0.05, 0.1) is 5.69 Å². The number of pyridine rings is 1. The molecule has 0 radical (unpaired) electrons. The smallest absolute Gasteiger partial charge is 0.219 e. The Morgan fingerprint density at radius 3 is 2.88 bits per heavy atom. The molecule has 1 rings (SSSR count). The van der Waals surface area contributed by atoms with Crippen LogP contribution in [0, 0.1) is 0 Å². The van der Waals surface area contributed by atoms with E-state index in [4.69, 9.17) is 0 Å². The first-order valence-corrected chi connectivity index (χ1v) is 5.97. The molecule has 0 aliphatic rings. The van der Waals surface area contributed by atoms with E-state index < -0.39 is 0 Å². The van der Waals surface area contributed by atoms with Gasteiger partial charge in [0.2, 0.25) is 5.91 Å². The molecule has 0 saturated carbocycles. The maximum atomic E-state index is 11.1. The molecule has 1 amide bonds. The molecule has 0 aromatic carbocycles. The highest BCUT2D eigenvalue weighted by Gasteiger charge is 2.12. The van der Waals surface area contributed by atoms with Gasteiger partial charge in [-0.25, -0.2) is 0 Å². The number of carbonyl (C=O) groups is 1. The fourth-order valence-electron chi connectivity index (χ4n) is 1.66. The SMILES string of the molecule is CNC(=O)CCCN(C)[C@H](C)c1ccccn1. The van der Waals surface area contributed by atoms with Gasteiger partial charge >= 0.3 is 0 Å². The van der Waals surface area contributed by atoms with Crippen molar-refractivity contribution < 1.29 is 4.79 Å². The molecule has 4 heteroatoms.